The Morgan fingerprint density at radius 2 is 1.91 bits per heavy atom. The lowest BCUT2D eigenvalue weighted by Gasteiger charge is -2.20. The Kier molecular flexibility index (Phi) is 6.06. The molecule has 1 fully saturated rings. The molecule has 3 aliphatic heterocycles. The number of hydrogen-bond acceptors (Lipinski definition) is 6. The molecule has 2 aromatic rings. The normalized spacial score (nSPS) is 18.8. The van der Waals surface area contributed by atoms with Gasteiger partial charge in [0.1, 0.15) is 10.8 Å². The number of aliphatic imine (C=N–C) groups is 1. The summed E-state index contributed by atoms with van der Waals surface area (Å²) in [6.45, 7) is 5.52. The Morgan fingerprint density at radius 3 is 2.60 bits per heavy atom. The van der Waals surface area contributed by atoms with Crippen molar-refractivity contribution in [2.45, 2.75) is 33.1 Å². The van der Waals surface area contributed by atoms with E-state index in [0.29, 0.717) is 10.2 Å². The second kappa shape index (κ2) is 9.18. The van der Waals surface area contributed by atoms with Crippen molar-refractivity contribution in [3.8, 4) is 11.4 Å². The summed E-state index contributed by atoms with van der Waals surface area (Å²) in [5.74, 6) is 0.281. The Balaban J connectivity index is 1.40. The van der Waals surface area contributed by atoms with Crippen LogP contribution in [0.1, 0.15) is 36.2 Å². The van der Waals surface area contributed by atoms with Gasteiger partial charge in [-0.3, -0.25) is 15.0 Å². The molecule has 1 aromatic carbocycles. The predicted octanol–water partition coefficient (Wildman–Crippen LogP) is 3.73. The minimum absolute atomic E-state index is 0.0220. The van der Waals surface area contributed by atoms with Gasteiger partial charge in [-0.1, -0.05) is 0 Å². The second-order valence-corrected chi connectivity index (χ2v) is 9.68. The largest absolute Gasteiger partial charge is 0.497 e. The molecule has 0 unspecified atom stereocenters. The monoisotopic (exact) mass is 490 g/mol. The van der Waals surface area contributed by atoms with Gasteiger partial charge in [-0.25, -0.2) is 0 Å². The van der Waals surface area contributed by atoms with Crippen molar-refractivity contribution in [3.05, 3.63) is 52.9 Å². The van der Waals surface area contributed by atoms with Crippen LogP contribution < -0.4 is 4.74 Å². The van der Waals surface area contributed by atoms with Crippen molar-refractivity contribution >= 4 is 45.7 Å². The van der Waals surface area contributed by atoms with E-state index in [1.807, 2.05) is 49.1 Å². The first-order chi connectivity index (χ1) is 16.9. The zero-order valence-corrected chi connectivity index (χ0v) is 20.7. The lowest BCUT2D eigenvalue weighted by atomic mass is 10.1. The average molecular weight is 491 g/mol. The molecule has 0 spiro atoms. The molecular formula is C25H26N6O3S. The maximum atomic E-state index is 12.8. The highest BCUT2D eigenvalue weighted by Gasteiger charge is 2.36. The molecule has 1 saturated heterocycles. The third-order valence-corrected chi connectivity index (χ3v) is 7.27. The Labute approximate surface area is 207 Å². The number of amidine groups is 2. The van der Waals surface area contributed by atoms with E-state index in [9.17, 15) is 9.59 Å². The zero-order chi connectivity index (χ0) is 24.7. The molecule has 0 radical (unpaired) electrons. The zero-order valence-electron chi connectivity index (χ0n) is 19.9. The van der Waals surface area contributed by atoms with Gasteiger partial charge >= 0.3 is 0 Å². The topological polar surface area (TPSA) is 103 Å². The highest BCUT2D eigenvalue weighted by molar-refractivity contribution is 8.27. The molecule has 0 bridgehead atoms. The van der Waals surface area contributed by atoms with Crippen molar-refractivity contribution in [1.29, 1.82) is 5.41 Å². The molecule has 35 heavy (non-hydrogen) atoms. The molecule has 0 aliphatic carbocycles. The first kappa shape index (κ1) is 23.1. The van der Waals surface area contributed by atoms with Gasteiger partial charge in [0.05, 0.1) is 19.1 Å². The number of ether oxygens (including phenoxy) is 1. The summed E-state index contributed by atoms with van der Waals surface area (Å²) >= 11 is 1.18. The van der Waals surface area contributed by atoms with E-state index in [0.717, 1.165) is 54.3 Å². The van der Waals surface area contributed by atoms with Crippen LogP contribution in [0.15, 0.2) is 46.0 Å². The molecule has 0 atom stereocenters. The van der Waals surface area contributed by atoms with Gasteiger partial charge in [-0.15, -0.1) is 0 Å². The van der Waals surface area contributed by atoms with Crippen LogP contribution in [0.3, 0.4) is 0 Å². The number of rotatable bonds is 5. The number of thioether (sulfide) groups is 1. The molecule has 1 N–H and O–H groups in total. The number of hydrazone groups is 1. The Hall–Kier alpha value is -3.66. The number of benzene rings is 1. The maximum absolute atomic E-state index is 12.8. The summed E-state index contributed by atoms with van der Waals surface area (Å²) < 4.78 is 7.34. The highest BCUT2D eigenvalue weighted by Crippen LogP contribution is 2.31. The lowest BCUT2D eigenvalue weighted by Crippen LogP contribution is -2.35. The number of hydrogen-bond donors (Lipinski definition) is 1. The maximum Gasteiger partial charge on any atom is 0.283 e. The van der Waals surface area contributed by atoms with E-state index in [2.05, 4.69) is 14.7 Å². The van der Waals surface area contributed by atoms with E-state index in [1.54, 1.807) is 13.2 Å². The molecule has 3 aliphatic rings. The number of aryl methyl sites for hydroxylation is 1. The molecule has 10 heteroatoms. The van der Waals surface area contributed by atoms with Crippen molar-refractivity contribution in [1.82, 2.24) is 14.5 Å². The standard InChI is InChI=1S/C25H26N6O3S/c1-15-12-17(16(2)30(15)18-6-8-19(34-3)9-7-18)13-20-23(26)31-25(27-24(20)33)35-21(28-31)14-22(32)29-10-4-5-11-29/h6-9,12-13,26H,4-5,10-11,14H2,1-3H3. The third-order valence-electron chi connectivity index (χ3n) is 6.36. The molecule has 2 amide bonds. The molecule has 9 nitrogen and oxygen atoms in total. The fourth-order valence-electron chi connectivity index (χ4n) is 4.53. The van der Waals surface area contributed by atoms with Crippen LogP contribution in [0.25, 0.3) is 11.8 Å². The minimum atomic E-state index is -0.481. The van der Waals surface area contributed by atoms with E-state index in [4.69, 9.17) is 10.1 Å². The van der Waals surface area contributed by atoms with Crippen molar-refractivity contribution in [2.75, 3.05) is 20.2 Å². The van der Waals surface area contributed by atoms with Crippen LogP contribution in [0, 0.1) is 19.3 Å². The van der Waals surface area contributed by atoms with E-state index < -0.39 is 5.91 Å². The van der Waals surface area contributed by atoms with Gasteiger partial charge < -0.3 is 14.2 Å². The van der Waals surface area contributed by atoms with E-state index in [1.165, 1.54) is 16.8 Å². The van der Waals surface area contributed by atoms with Crippen LogP contribution in [0.2, 0.25) is 0 Å². The smallest absolute Gasteiger partial charge is 0.283 e. The second-order valence-electron chi connectivity index (χ2n) is 8.64. The van der Waals surface area contributed by atoms with Crippen LogP contribution >= 0.6 is 11.8 Å². The number of amides is 2. The molecule has 4 heterocycles. The summed E-state index contributed by atoms with van der Waals surface area (Å²) in [4.78, 5) is 31.4. The quantitative estimate of drug-likeness (QED) is 0.643. The number of methoxy groups -OCH3 is 1. The summed E-state index contributed by atoms with van der Waals surface area (Å²) in [7, 11) is 1.63. The number of carbonyl (C=O) groups is 2. The van der Waals surface area contributed by atoms with E-state index >= 15 is 0 Å². The van der Waals surface area contributed by atoms with Gasteiger partial charge in [0.25, 0.3) is 5.91 Å². The fourth-order valence-corrected chi connectivity index (χ4v) is 5.40. The number of carbonyl (C=O) groups excluding carboxylic acids is 2. The molecular weight excluding hydrogens is 464 g/mol. The highest BCUT2D eigenvalue weighted by atomic mass is 32.2. The van der Waals surface area contributed by atoms with Crippen molar-refractivity contribution in [3.63, 3.8) is 0 Å². The predicted molar refractivity (Wildman–Crippen MR) is 137 cm³/mol. The first-order valence-electron chi connectivity index (χ1n) is 11.5. The minimum Gasteiger partial charge on any atom is -0.497 e. The summed E-state index contributed by atoms with van der Waals surface area (Å²) in [6, 6.07) is 9.73. The van der Waals surface area contributed by atoms with Gasteiger partial charge in [0, 0.05) is 30.2 Å². The number of likely N-dealkylation sites (tertiary alicyclic amines) is 1. The average Bonchev–Trinajstić information content (AvgIpc) is 3.57. The molecule has 180 valence electrons. The van der Waals surface area contributed by atoms with Crippen molar-refractivity contribution < 1.29 is 14.3 Å². The molecule has 0 saturated carbocycles. The fraction of sp³-hybridized carbons (Fsp3) is 0.320. The van der Waals surface area contributed by atoms with Gasteiger partial charge in [0.15, 0.2) is 5.84 Å². The number of fused-ring (bicyclic) bond motifs is 1. The number of nitrogens with one attached hydrogen (secondary N) is 1. The number of nitrogens with zero attached hydrogens (tertiary/aromatic N) is 5. The molecule has 1 aromatic heterocycles. The third kappa shape index (κ3) is 4.29. The van der Waals surface area contributed by atoms with Gasteiger partial charge in [0.2, 0.25) is 11.1 Å². The van der Waals surface area contributed by atoms with Crippen molar-refractivity contribution in [2.24, 2.45) is 10.1 Å². The summed E-state index contributed by atoms with van der Waals surface area (Å²) in [6.07, 6.45) is 3.90. The van der Waals surface area contributed by atoms with Crippen LogP contribution in [0.5, 0.6) is 5.75 Å². The number of aromatic nitrogens is 1. The lowest BCUT2D eigenvalue weighted by molar-refractivity contribution is -0.128. The van der Waals surface area contributed by atoms with E-state index in [-0.39, 0.29) is 23.7 Å². The summed E-state index contributed by atoms with van der Waals surface area (Å²) in [5.41, 5.74) is 3.90. The van der Waals surface area contributed by atoms with Gasteiger partial charge in [-0.2, -0.15) is 15.1 Å². The van der Waals surface area contributed by atoms with Crippen LogP contribution in [-0.4, -0.2) is 62.5 Å². The SMILES string of the molecule is COc1ccc(-n2c(C)cc(C=C3C(=N)N4N=C(CC(=O)N5CCCC5)SC4=NC3=O)c2C)cc1. The molecule has 5 rings (SSSR count). The first-order valence-corrected chi connectivity index (χ1v) is 12.3. The summed E-state index contributed by atoms with van der Waals surface area (Å²) in [5, 5.41) is 15.3. The van der Waals surface area contributed by atoms with Crippen LogP contribution in [-0.2, 0) is 9.59 Å². The van der Waals surface area contributed by atoms with Gasteiger partial charge in [-0.05, 0) is 80.4 Å². The Bertz CT molecular complexity index is 1320. The van der Waals surface area contributed by atoms with Crippen LogP contribution in [0.4, 0.5) is 0 Å². The Morgan fingerprint density at radius 1 is 1.20 bits per heavy atom.